The van der Waals surface area contributed by atoms with E-state index in [1.165, 1.54) is 4.90 Å². The summed E-state index contributed by atoms with van der Waals surface area (Å²) in [7, 11) is 0. The van der Waals surface area contributed by atoms with Crippen LogP contribution in [0, 0.1) is 5.92 Å². The van der Waals surface area contributed by atoms with Crippen molar-refractivity contribution in [2.24, 2.45) is 5.92 Å². The molecule has 3 atom stereocenters. The summed E-state index contributed by atoms with van der Waals surface area (Å²) in [4.78, 5) is 24.5. The summed E-state index contributed by atoms with van der Waals surface area (Å²) in [5.74, 6) is -1.31. The minimum absolute atomic E-state index is 0.138. The normalized spacial score (nSPS) is 33.7. The minimum Gasteiger partial charge on any atom is -0.480 e. The molecule has 17 heavy (non-hydrogen) atoms. The number of rotatable bonds is 2. The van der Waals surface area contributed by atoms with Gasteiger partial charge in [-0.1, -0.05) is 0 Å². The van der Waals surface area contributed by atoms with Crippen molar-refractivity contribution in [1.29, 1.82) is 0 Å². The van der Waals surface area contributed by atoms with Crippen LogP contribution in [-0.2, 0) is 9.59 Å². The number of carbonyl (C=O) groups excluding carboxylic acids is 1. The zero-order valence-corrected chi connectivity index (χ0v) is 9.63. The standard InChI is InChI=1S/C11H18N2O4/c14-8-4-9(11(16)17)13(6-8)10(15)7-2-1-3-12-5-7/h7-9,12,14H,1-6H2,(H,16,17)/t7-,8?,9-/m0/s1. The molecule has 0 aromatic heterocycles. The monoisotopic (exact) mass is 242 g/mol. The zero-order valence-electron chi connectivity index (χ0n) is 9.63. The van der Waals surface area contributed by atoms with Gasteiger partial charge in [-0.25, -0.2) is 4.79 Å². The van der Waals surface area contributed by atoms with Gasteiger partial charge >= 0.3 is 5.97 Å². The Morgan fingerprint density at radius 1 is 1.35 bits per heavy atom. The van der Waals surface area contributed by atoms with Gasteiger partial charge in [-0.05, 0) is 19.4 Å². The van der Waals surface area contributed by atoms with Crippen LogP contribution in [0.1, 0.15) is 19.3 Å². The molecule has 2 aliphatic heterocycles. The zero-order chi connectivity index (χ0) is 12.4. The fourth-order valence-electron chi connectivity index (χ4n) is 2.59. The number of carboxylic acid groups (broad SMARTS) is 1. The number of nitrogens with one attached hydrogen (secondary N) is 1. The molecule has 3 N–H and O–H groups in total. The minimum atomic E-state index is -1.03. The first kappa shape index (κ1) is 12.3. The highest BCUT2D eigenvalue weighted by Gasteiger charge is 2.41. The second kappa shape index (κ2) is 5.01. The molecule has 2 aliphatic rings. The van der Waals surface area contributed by atoms with Crippen LogP contribution in [0.3, 0.4) is 0 Å². The quantitative estimate of drug-likeness (QED) is 0.580. The molecule has 0 aromatic carbocycles. The van der Waals surface area contributed by atoms with Crippen LogP contribution < -0.4 is 5.32 Å². The lowest BCUT2D eigenvalue weighted by molar-refractivity contribution is -0.150. The first-order valence-electron chi connectivity index (χ1n) is 6.01. The highest BCUT2D eigenvalue weighted by Crippen LogP contribution is 2.23. The number of β-amino-alcohol motifs (C(OH)–C–C–N with tert-alkyl or cyclic N) is 1. The maximum Gasteiger partial charge on any atom is 0.326 e. The maximum absolute atomic E-state index is 12.2. The van der Waals surface area contributed by atoms with Gasteiger partial charge in [-0.3, -0.25) is 4.79 Å². The van der Waals surface area contributed by atoms with E-state index in [4.69, 9.17) is 5.11 Å². The second-order valence-electron chi connectivity index (χ2n) is 4.78. The van der Waals surface area contributed by atoms with Gasteiger partial charge in [0.25, 0.3) is 0 Å². The molecule has 0 aliphatic carbocycles. The number of hydrogen-bond donors (Lipinski definition) is 3. The maximum atomic E-state index is 12.2. The van der Waals surface area contributed by atoms with Crippen LogP contribution in [0.25, 0.3) is 0 Å². The summed E-state index contributed by atoms with van der Waals surface area (Å²) in [6.45, 7) is 1.67. The molecule has 0 spiro atoms. The van der Waals surface area contributed by atoms with Crippen LogP contribution in [0.2, 0.25) is 0 Å². The molecule has 2 heterocycles. The smallest absolute Gasteiger partial charge is 0.326 e. The van der Waals surface area contributed by atoms with E-state index < -0.39 is 18.1 Å². The number of aliphatic hydroxyl groups excluding tert-OH is 1. The van der Waals surface area contributed by atoms with Crippen molar-refractivity contribution in [2.45, 2.75) is 31.4 Å². The van der Waals surface area contributed by atoms with Gasteiger partial charge in [0.1, 0.15) is 6.04 Å². The van der Waals surface area contributed by atoms with E-state index in [9.17, 15) is 14.7 Å². The molecule has 2 rings (SSSR count). The Bertz CT molecular complexity index is 315. The van der Waals surface area contributed by atoms with Crippen LogP contribution in [-0.4, -0.2) is 58.8 Å². The number of nitrogens with zero attached hydrogens (tertiary/aromatic N) is 1. The van der Waals surface area contributed by atoms with E-state index in [-0.39, 0.29) is 24.8 Å². The fraction of sp³-hybridized carbons (Fsp3) is 0.818. The van der Waals surface area contributed by atoms with Crippen molar-refractivity contribution >= 4 is 11.9 Å². The molecule has 96 valence electrons. The molecule has 0 radical (unpaired) electrons. The SMILES string of the molecule is O=C(O)[C@@H]1CC(O)CN1C(=O)[C@H]1CCCNC1. The Kier molecular flexibility index (Phi) is 3.63. The molecule has 0 saturated carbocycles. The number of aliphatic carboxylic acids is 1. The van der Waals surface area contributed by atoms with Gasteiger partial charge in [-0.2, -0.15) is 0 Å². The third kappa shape index (κ3) is 2.58. The Hall–Kier alpha value is -1.14. The van der Waals surface area contributed by atoms with E-state index in [0.717, 1.165) is 19.4 Å². The molecule has 2 fully saturated rings. The third-order valence-corrected chi connectivity index (χ3v) is 3.49. The third-order valence-electron chi connectivity index (χ3n) is 3.49. The Morgan fingerprint density at radius 3 is 2.71 bits per heavy atom. The van der Waals surface area contributed by atoms with Gasteiger partial charge in [0.15, 0.2) is 0 Å². The number of piperidine rings is 1. The summed E-state index contributed by atoms with van der Waals surface area (Å²) in [6.07, 6.45) is 1.16. The lowest BCUT2D eigenvalue weighted by atomic mass is 9.98. The average Bonchev–Trinajstić information content (AvgIpc) is 2.72. The Labute approximate surface area is 99.6 Å². The first-order chi connectivity index (χ1) is 8.09. The summed E-state index contributed by atoms with van der Waals surface area (Å²) in [6, 6.07) is -0.862. The average molecular weight is 242 g/mol. The van der Waals surface area contributed by atoms with Crippen LogP contribution in [0.5, 0.6) is 0 Å². The largest absolute Gasteiger partial charge is 0.480 e. The van der Waals surface area contributed by atoms with Crippen molar-refractivity contribution < 1.29 is 19.8 Å². The molecule has 1 amide bonds. The summed E-state index contributed by atoms with van der Waals surface area (Å²) >= 11 is 0. The van der Waals surface area contributed by atoms with Gasteiger partial charge in [0.05, 0.1) is 12.0 Å². The van der Waals surface area contributed by atoms with Gasteiger partial charge in [-0.15, -0.1) is 0 Å². The van der Waals surface area contributed by atoms with E-state index in [0.29, 0.717) is 6.54 Å². The van der Waals surface area contributed by atoms with Crippen LogP contribution in [0.4, 0.5) is 0 Å². The molecule has 0 bridgehead atoms. The first-order valence-corrected chi connectivity index (χ1v) is 6.01. The van der Waals surface area contributed by atoms with Crippen molar-refractivity contribution in [2.75, 3.05) is 19.6 Å². The van der Waals surface area contributed by atoms with Crippen LogP contribution >= 0.6 is 0 Å². The number of likely N-dealkylation sites (tertiary alicyclic amines) is 1. The highest BCUT2D eigenvalue weighted by molar-refractivity contribution is 5.86. The van der Waals surface area contributed by atoms with E-state index in [2.05, 4.69) is 5.32 Å². The Morgan fingerprint density at radius 2 is 2.12 bits per heavy atom. The topological polar surface area (TPSA) is 89.9 Å². The fourth-order valence-corrected chi connectivity index (χ4v) is 2.59. The molecule has 6 nitrogen and oxygen atoms in total. The second-order valence-corrected chi connectivity index (χ2v) is 4.78. The van der Waals surface area contributed by atoms with Crippen molar-refractivity contribution in [3.05, 3.63) is 0 Å². The highest BCUT2D eigenvalue weighted by atomic mass is 16.4. The summed E-state index contributed by atoms with van der Waals surface area (Å²) in [5.41, 5.74) is 0. The summed E-state index contributed by atoms with van der Waals surface area (Å²) in [5, 5.41) is 21.7. The van der Waals surface area contributed by atoms with E-state index >= 15 is 0 Å². The predicted octanol–water partition coefficient (Wildman–Crippen LogP) is -0.968. The molecule has 2 saturated heterocycles. The Balaban J connectivity index is 2.04. The molecule has 1 unspecified atom stereocenters. The predicted molar refractivity (Wildman–Crippen MR) is 59.4 cm³/mol. The van der Waals surface area contributed by atoms with Gasteiger partial charge in [0, 0.05) is 19.5 Å². The van der Waals surface area contributed by atoms with Gasteiger partial charge < -0.3 is 20.4 Å². The summed E-state index contributed by atoms with van der Waals surface area (Å²) < 4.78 is 0. The van der Waals surface area contributed by atoms with E-state index in [1.54, 1.807) is 0 Å². The van der Waals surface area contributed by atoms with Crippen molar-refractivity contribution in [1.82, 2.24) is 10.2 Å². The number of aliphatic hydroxyl groups is 1. The van der Waals surface area contributed by atoms with Gasteiger partial charge in [0.2, 0.25) is 5.91 Å². The van der Waals surface area contributed by atoms with Crippen molar-refractivity contribution in [3.8, 4) is 0 Å². The molecule has 0 aromatic rings. The molecular weight excluding hydrogens is 224 g/mol. The lowest BCUT2D eigenvalue weighted by Crippen LogP contribution is -2.47. The number of hydrogen-bond acceptors (Lipinski definition) is 4. The number of carbonyl (C=O) groups is 2. The molecule has 6 heteroatoms. The van der Waals surface area contributed by atoms with Crippen LogP contribution in [0.15, 0.2) is 0 Å². The lowest BCUT2D eigenvalue weighted by Gasteiger charge is -2.29. The number of amides is 1. The van der Waals surface area contributed by atoms with Crippen molar-refractivity contribution in [3.63, 3.8) is 0 Å². The number of carboxylic acids is 1. The molecular formula is C11H18N2O4. The van der Waals surface area contributed by atoms with E-state index in [1.807, 2.05) is 0 Å².